The Morgan fingerprint density at radius 2 is 1.67 bits per heavy atom. The van der Waals surface area contributed by atoms with E-state index in [2.05, 4.69) is 40.3 Å². The fourth-order valence-corrected chi connectivity index (χ4v) is 3.65. The highest BCUT2D eigenvalue weighted by molar-refractivity contribution is 7.80. The molecule has 1 fully saturated rings. The molecule has 0 amide bonds. The molecule has 1 aliphatic carbocycles. The van der Waals surface area contributed by atoms with E-state index in [0.29, 0.717) is 11.2 Å². The molecule has 0 aromatic heterocycles. The molecular formula is C16H33NS. The van der Waals surface area contributed by atoms with Crippen molar-refractivity contribution < 1.29 is 0 Å². The minimum atomic E-state index is 0.0508. The van der Waals surface area contributed by atoms with Gasteiger partial charge in [-0.2, -0.15) is 12.6 Å². The summed E-state index contributed by atoms with van der Waals surface area (Å²) in [6, 6.07) is 0. The fourth-order valence-electron chi connectivity index (χ4n) is 3.54. The quantitative estimate of drug-likeness (QED) is 0.545. The van der Waals surface area contributed by atoms with E-state index < -0.39 is 0 Å². The third-order valence-electron chi connectivity index (χ3n) is 5.57. The van der Waals surface area contributed by atoms with Gasteiger partial charge < -0.3 is 5.73 Å². The Bertz CT molecular complexity index is 243. The maximum Gasteiger partial charge on any atom is 0.0208 e. The largest absolute Gasteiger partial charge is 0.325 e. The van der Waals surface area contributed by atoms with Crippen molar-refractivity contribution in [1.29, 1.82) is 0 Å². The smallest absolute Gasteiger partial charge is 0.0208 e. The molecule has 2 N–H and O–H groups in total. The first kappa shape index (κ1) is 16.4. The van der Waals surface area contributed by atoms with Gasteiger partial charge in [-0.25, -0.2) is 0 Å². The van der Waals surface area contributed by atoms with Gasteiger partial charge in [0.2, 0.25) is 0 Å². The van der Waals surface area contributed by atoms with Crippen molar-refractivity contribution in [1.82, 2.24) is 0 Å². The minimum absolute atomic E-state index is 0.0508. The molecule has 0 aliphatic heterocycles. The van der Waals surface area contributed by atoms with Gasteiger partial charge >= 0.3 is 0 Å². The lowest BCUT2D eigenvalue weighted by Crippen LogP contribution is -2.54. The van der Waals surface area contributed by atoms with E-state index in [4.69, 9.17) is 5.73 Å². The van der Waals surface area contributed by atoms with E-state index in [9.17, 15) is 0 Å². The summed E-state index contributed by atoms with van der Waals surface area (Å²) in [4.78, 5) is 0. The molecule has 0 spiro atoms. The molecule has 3 unspecified atom stereocenters. The monoisotopic (exact) mass is 271 g/mol. The maximum atomic E-state index is 6.87. The molecule has 1 aliphatic rings. The first-order valence-corrected chi connectivity index (χ1v) is 8.33. The Kier molecular flexibility index (Phi) is 6.05. The van der Waals surface area contributed by atoms with Gasteiger partial charge in [0.15, 0.2) is 0 Å². The zero-order chi connectivity index (χ0) is 13.8. The van der Waals surface area contributed by atoms with E-state index in [-0.39, 0.29) is 11.0 Å². The molecule has 0 saturated heterocycles. The molecule has 0 bridgehead atoms. The lowest BCUT2D eigenvalue weighted by atomic mass is 9.62. The SMILES string of the molecule is CCC(C)(CC(C)C(C)S)C1(N)CCCCCC1. The molecule has 1 rings (SSSR count). The van der Waals surface area contributed by atoms with Crippen molar-refractivity contribution in [3.05, 3.63) is 0 Å². The van der Waals surface area contributed by atoms with Crippen LogP contribution in [0.3, 0.4) is 0 Å². The van der Waals surface area contributed by atoms with Gasteiger partial charge in [-0.15, -0.1) is 0 Å². The van der Waals surface area contributed by atoms with Crippen LogP contribution in [-0.4, -0.2) is 10.8 Å². The topological polar surface area (TPSA) is 26.0 Å². The Labute approximate surface area is 120 Å². The lowest BCUT2D eigenvalue weighted by Gasteiger charge is -2.48. The number of thiol groups is 1. The third kappa shape index (κ3) is 3.66. The van der Waals surface area contributed by atoms with Gasteiger partial charge in [-0.3, -0.25) is 0 Å². The van der Waals surface area contributed by atoms with Crippen molar-refractivity contribution in [2.24, 2.45) is 17.1 Å². The number of nitrogens with two attached hydrogens (primary N) is 1. The number of hydrogen-bond donors (Lipinski definition) is 2. The molecule has 1 nitrogen and oxygen atoms in total. The summed E-state index contributed by atoms with van der Waals surface area (Å²) in [7, 11) is 0. The minimum Gasteiger partial charge on any atom is -0.325 e. The molecule has 108 valence electrons. The van der Waals surface area contributed by atoms with Crippen LogP contribution in [0.25, 0.3) is 0 Å². The van der Waals surface area contributed by atoms with Gasteiger partial charge in [0.05, 0.1) is 0 Å². The number of rotatable bonds is 5. The zero-order valence-electron chi connectivity index (χ0n) is 12.8. The summed E-state index contributed by atoms with van der Waals surface area (Å²) < 4.78 is 0. The molecule has 0 radical (unpaired) electrons. The Balaban J connectivity index is 2.83. The van der Waals surface area contributed by atoms with Gasteiger partial charge in [-0.1, -0.05) is 53.4 Å². The van der Waals surface area contributed by atoms with Crippen LogP contribution in [0.4, 0.5) is 0 Å². The van der Waals surface area contributed by atoms with Gasteiger partial charge in [0.25, 0.3) is 0 Å². The standard InChI is InChI=1S/C16H33NS/c1-5-15(4,12-13(2)14(3)18)16(17)10-8-6-7-9-11-16/h13-14,18H,5-12,17H2,1-4H3. The highest BCUT2D eigenvalue weighted by Crippen LogP contribution is 2.46. The summed E-state index contributed by atoms with van der Waals surface area (Å²) in [6.45, 7) is 9.27. The molecule has 18 heavy (non-hydrogen) atoms. The molecule has 3 atom stereocenters. The second-order valence-corrected chi connectivity index (χ2v) is 7.72. The first-order valence-electron chi connectivity index (χ1n) is 7.81. The molecule has 0 heterocycles. The molecule has 0 aromatic carbocycles. The predicted molar refractivity (Wildman–Crippen MR) is 85.2 cm³/mol. The third-order valence-corrected chi connectivity index (χ3v) is 6.08. The summed E-state index contributed by atoms with van der Waals surface area (Å²) >= 11 is 4.62. The molecule has 1 saturated carbocycles. The summed E-state index contributed by atoms with van der Waals surface area (Å²) in [5.41, 5.74) is 7.19. The van der Waals surface area contributed by atoms with Crippen LogP contribution in [0.2, 0.25) is 0 Å². The van der Waals surface area contributed by atoms with Gasteiger partial charge in [0, 0.05) is 10.8 Å². The van der Waals surface area contributed by atoms with Crippen LogP contribution in [0.5, 0.6) is 0 Å². The Hall–Kier alpha value is 0.310. The zero-order valence-corrected chi connectivity index (χ0v) is 13.7. The molecular weight excluding hydrogens is 238 g/mol. The molecule has 2 heteroatoms. The second kappa shape index (κ2) is 6.65. The Morgan fingerprint density at radius 1 is 1.17 bits per heavy atom. The first-order chi connectivity index (χ1) is 8.34. The van der Waals surface area contributed by atoms with E-state index in [1.807, 2.05) is 0 Å². The summed E-state index contributed by atoms with van der Waals surface area (Å²) in [5.74, 6) is 0.641. The van der Waals surface area contributed by atoms with E-state index >= 15 is 0 Å². The van der Waals surface area contributed by atoms with Crippen LogP contribution in [-0.2, 0) is 0 Å². The summed E-state index contributed by atoms with van der Waals surface area (Å²) in [6.07, 6.45) is 10.2. The summed E-state index contributed by atoms with van der Waals surface area (Å²) in [5, 5.41) is 0.463. The van der Waals surface area contributed by atoms with Gasteiger partial charge in [0.1, 0.15) is 0 Å². The molecule has 0 aromatic rings. The van der Waals surface area contributed by atoms with E-state index in [1.54, 1.807) is 0 Å². The van der Waals surface area contributed by atoms with E-state index in [0.717, 1.165) is 0 Å². The van der Waals surface area contributed by atoms with Crippen molar-refractivity contribution in [2.45, 2.75) is 89.9 Å². The normalized spacial score (nSPS) is 27.0. The van der Waals surface area contributed by atoms with Crippen molar-refractivity contribution in [2.75, 3.05) is 0 Å². The average molecular weight is 272 g/mol. The Morgan fingerprint density at radius 3 is 2.06 bits per heavy atom. The van der Waals surface area contributed by atoms with Crippen LogP contribution < -0.4 is 5.73 Å². The maximum absolute atomic E-state index is 6.87. The van der Waals surface area contributed by atoms with Crippen molar-refractivity contribution >= 4 is 12.6 Å². The van der Waals surface area contributed by atoms with Crippen LogP contribution in [0.15, 0.2) is 0 Å². The second-order valence-electron chi connectivity index (χ2n) is 6.91. The fraction of sp³-hybridized carbons (Fsp3) is 1.00. The highest BCUT2D eigenvalue weighted by atomic mass is 32.1. The lowest BCUT2D eigenvalue weighted by molar-refractivity contribution is 0.0852. The van der Waals surface area contributed by atoms with Crippen molar-refractivity contribution in [3.8, 4) is 0 Å². The van der Waals surface area contributed by atoms with Crippen molar-refractivity contribution in [3.63, 3.8) is 0 Å². The van der Waals surface area contributed by atoms with Gasteiger partial charge in [-0.05, 0) is 37.0 Å². The van der Waals surface area contributed by atoms with Crippen LogP contribution >= 0.6 is 12.6 Å². The number of hydrogen-bond acceptors (Lipinski definition) is 2. The van der Waals surface area contributed by atoms with E-state index in [1.165, 1.54) is 51.4 Å². The van der Waals surface area contributed by atoms with Crippen LogP contribution in [0.1, 0.15) is 79.1 Å². The average Bonchev–Trinajstić information content (AvgIpc) is 2.54. The highest BCUT2D eigenvalue weighted by Gasteiger charge is 2.44. The van der Waals surface area contributed by atoms with Crippen LogP contribution in [0, 0.1) is 11.3 Å². The predicted octanol–water partition coefficient (Wildman–Crippen LogP) is 4.80.